The van der Waals surface area contributed by atoms with Crippen molar-refractivity contribution in [2.45, 2.75) is 56.5 Å². The Labute approximate surface area is 149 Å². The summed E-state index contributed by atoms with van der Waals surface area (Å²) in [7, 11) is 0. The summed E-state index contributed by atoms with van der Waals surface area (Å²) in [5, 5.41) is 9.36. The Kier molecular flexibility index (Phi) is 3.99. The van der Waals surface area contributed by atoms with E-state index in [0.717, 1.165) is 38.2 Å². The highest BCUT2D eigenvalue weighted by Gasteiger charge is 2.31. The van der Waals surface area contributed by atoms with E-state index in [-0.39, 0.29) is 34.6 Å². The van der Waals surface area contributed by atoms with Crippen molar-refractivity contribution in [3.8, 4) is 0 Å². The Hall–Kier alpha value is -2.41. The van der Waals surface area contributed by atoms with Crippen LogP contribution in [-0.2, 0) is 0 Å². The number of pyridine rings is 1. The summed E-state index contributed by atoms with van der Waals surface area (Å²) in [6.07, 6.45) is 6.43. The average molecular weight is 359 g/mol. The van der Waals surface area contributed by atoms with Crippen molar-refractivity contribution >= 4 is 22.6 Å². The second-order valence-electron chi connectivity index (χ2n) is 7.52. The maximum absolute atomic E-state index is 14.9. The summed E-state index contributed by atoms with van der Waals surface area (Å²) >= 11 is 0. The van der Waals surface area contributed by atoms with Crippen LogP contribution in [0.3, 0.4) is 0 Å². The lowest BCUT2D eigenvalue weighted by Crippen LogP contribution is -2.28. The zero-order valence-corrected chi connectivity index (χ0v) is 14.4. The summed E-state index contributed by atoms with van der Waals surface area (Å²) in [5.41, 5.74) is 12.5. The second kappa shape index (κ2) is 6.09. The van der Waals surface area contributed by atoms with Gasteiger partial charge in [-0.3, -0.25) is 4.79 Å². The Morgan fingerprint density at radius 2 is 2.00 bits per heavy atom. The van der Waals surface area contributed by atoms with Crippen LogP contribution in [0, 0.1) is 5.82 Å². The molecule has 0 saturated heterocycles. The molecule has 2 fully saturated rings. The van der Waals surface area contributed by atoms with E-state index < -0.39 is 17.2 Å². The minimum atomic E-state index is -1.31. The number of anilines is 1. The first-order valence-corrected chi connectivity index (χ1v) is 9.04. The molecule has 1 heterocycles. The predicted molar refractivity (Wildman–Crippen MR) is 97.0 cm³/mol. The smallest absolute Gasteiger partial charge is 0.341 e. The highest BCUT2D eigenvalue weighted by atomic mass is 19.1. The second-order valence-corrected chi connectivity index (χ2v) is 7.52. The van der Waals surface area contributed by atoms with Crippen molar-refractivity contribution in [3.05, 3.63) is 39.4 Å². The third kappa shape index (κ3) is 2.67. The van der Waals surface area contributed by atoms with Gasteiger partial charge in [-0.1, -0.05) is 6.42 Å². The topological polar surface area (TPSA) is 111 Å². The molecule has 2 aromatic rings. The molecule has 2 atom stereocenters. The van der Waals surface area contributed by atoms with Gasteiger partial charge in [-0.2, -0.15) is 0 Å². The number of benzene rings is 1. The van der Waals surface area contributed by atoms with Crippen LogP contribution in [0.1, 0.15) is 66.4 Å². The molecule has 5 N–H and O–H groups in total. The number of carbonyl (C=O) groups is 1. The van der Waals surface area contributed by atoms with Crippen molar-refractivity contribution in [1.29, 1.82) is 0 Å². The number of hydrogen-bond acceptors (Lipinski definition) is 4. The zero-order chi connectivity index (χ0) is 18.6. The first-order chi connectivity index (χ1) is 12.4. The molecule has 0 radical (unpaired) electrons. The third-order valence-corrected chi connectivity index (χ3v) is 5.64. The average Bonchev–Trinajstić information content (AvgIpc) is 3.40. The third-order valence-electron chi connectivity index (χ3n) is 5.64. The van der Waals surface area contributed by atoms with Gasteiger partial charge in [0, 0.05) is 23.8 Å². The van der Waals surface area contributed by atoms with Crippen molar-refractivity contribution in [2.75, 3.05) is 5.73 Å². The molecule has 2 saturated carbocycles. The molecule has 2 aliphatic carbocycles. The minimum Gasteiger partial charge on any atom is -0.477 e. The first kappa shape index (κ1) is 17.0. The molecule has 4 rings (SSSR count). The number of aromatic nitrogens is 1. The molecule has 1 aromatic carbocycles. The largest absolute Gasteiger partial charge is 0.477 e. The van der Waals surface area contributed by atoms with Crippen molar-refractivity contribution < 1.29 is 14.3 Å². The summed E-state index contributed by atoms with van der Waals surface area (Å²) in [6.45, 7) is 0. The SMILES string of the molecule is Nc1c(C2CCCC(N)C2)c(F)cc2c(=O)c(C(=O)O)cn(C3CC3)c12. The van der Waals surface area contributed by atoms with Crippen molar-refractivity contribution in [3.63, 3.8) is 0 Å². The van der Waals surface area contributed by atoms with Crippen LogP contribution in [0.15, 0.2) is 17.1 Å². The molecule has 6 nitrogen and oxygen atoms in total. The monoisotopic (exact) mass is 359 g/mol. The quantitative estimate of drug-likeness (QED) is 0.730. The molecule has 1 aromatic heterocycles. The summed E-state index contributed by atoms with van der Waals surface area (Å²) in [4.78, 5) is 24.0. The van der Waals surface area contributed by atoms with Gasteiger partial charge < -0.3 is 21.1 Å². The van der Waals surface area contributed by atoms with Gasteiger partial charge in [0.15, 0.2) is 0 Å². The standard InChI is InChI=1S/C19H22FN3O3/c20-14-7-12-17(16(22)15(14)9-2-1-3-10(21)6-9)23(11-4-5-11)8-13(18(12)24)19(25)26/h7-11H,1-6,21-22H2,(H,25,26). The maximum Gasteiger partial charge on any atom is 0.341 e. The fourth-order valence-corrected chi connectivity index (χ4v) is 4.23. The van der Waals surface area contributed by atoms with Crippen LogP contribution in [0.25, 0.3) is 10.9 Å². The Morgan fingerprint density at radius 3 is 2.62 bits per heavy atom. The lowest BCUT2D eigenvalue weighted by atomic mass is 9.80. The zero-order valence-electron chi connectivity index (χ0n) is 14.4. The van der Waals surface area contributed by atoms with E-state index >= 15 is 0 Å². The molecule has 0 spiro atoms. The molecule has 2 unspecified atom stereocenters. The Morgan fingerprint density at radius 1 is 1.27 bits per heavy atom. The number of halogens is 1. The molecule has 0 amide bonds. The van der Waals surface area contributed by atoms with E-state index in [1.807, 2.05) is 0 Å². The van der Waals surface area contributed by atoms with Gasteiger partial charge in [-0.25, -0.2) is 9.18 Å². The lowest BCUT2D eigenvalue weighted by Gasteiger charge is -2.29. The van der Waals surface area contributed by atoms with Gasteiger partial charge in [0.05, 0.1) is 16.6 Å². The molecular weight excluding hydrogens is 337 g/mol. The van der Waals surface area contributed by atoms with Crippen molar-refractivity contribution in [2.24, 2.45) is 5.73 Å². The van der Waals surface area contributed by atoms with E-state index in [4.69, 9.17) is 11.5 Å². The van der Waals surface area contributed by atoms with Gasteiger partial charge in [-0.15, -0.1) is 0 Å². The molecule has 0 bridgehead atoms. The van der Waals surface area contributed by atoms with Gasteiger partial charge in [0.2, 0.25) is 5.43 Å². The number of fused-ring (bicyclic) bond motifs is 1. The lowest BCUT2D eigenvalue weighted by molar-refractivity contribution is 0.0695. The molecular formula is C19H22FN3O3. The van der Waals surface area contributed by atoms with Crippen LogP contribution in [-0.4, -0.2) is 21.7 Å². The Bertz CT molecular complexity index is 965. The van der Waals surface area contributed by atoms with Crippen LogP contribution >= 0.6 is 0 Å². The van der Waals surface area contributed by atoms with E-state index in [0.29, 0.717) is 17.5 Å². The number of aromatic carboxylic acids is 1. The van der Waals surface area contributed by atoms with Gasteiger partial charge >= 0.3 is 5.97 Å². The van der Waals surface area contributed by atoms with Crippen LogP contribution in [0.2, 0.25) is 0 Å². The normalized spacial score (nSPS) is 23.3. The summed E-state index contributed by atoms with van der Waals surface area (Å²) in [5.74, 6) is -1.94. The highest BCUT2D eigenvalue weighted by Crippen LogP contribution is 2.43. The fourth-order valence-electron chi connectivity index (χ4n) is 4.23. The van der Waals surface area contributed by atoms with Gasteiger partial charge in [0.1, 0.15) is 11.4 Å². The minimum absolute atomic E-state index is 0.0169. The fraction of sp³-hybridized carbons (Fsp3) is 0.474. The number of hydrogen-bond donors (Lipinski definition) is 3. The number of carboxylic acid groups (broad SMARTS) is 1. The summed E-state index contributed by atoms with van der Waals surface area (Å²) in [6, 6.07) is 1.28. The first-order valence-electron chi connectivity index (χ1n) is 9.04. The van der Waals surface area contributed by atoms with E-state index in [9.17, 15) is 19.1 Å². The number of nitrogens with two attached hydrogens (primary N) is 2. The number of nitrogens with zero attached hydrogens (tertiary/aromatic N) is 1. The van der Waals surface area contributed by atoms with Crippen LogP contribution < -0.4 is 16.9 Å². The highest BCUT2D eigenvalue weighted by molar-refractivity contribution is 5.97. The number of rotatable bonds is 3. The predicted octanol–water partition coefficient (Wildman–Crippen LogP) is 2.74. The molecule has 26 heavy (non-hydrogen) atoms. The molecule has 138 valence electrons. The molecule has 0 aliphatic heterocycles. The van der Waals surface area contributed by atoms with Crippen molar-refractivity contribution in [1.82, 2.24) is 4.57 Å². The molecule has 7 heteroatoms. The van der Waals surface area contributed by atoms with Crippen LogP contribution in [0.4, 0.5) is 10.1 Å². The maximum atomic E-state index is 14.9. The summed E-state index contributed by atoms with van der Waals surface area (Å²) < 4.78 is 16.7. The van der Waals surface area contributed by atoms with Gasteiger partial charge in [-0.05, 0) is 44.1 Å². The van der Waals surface area contributed by atoms with E-state index in [2.05, 4.69) is 0 Å². The van der Waals surface area contributed by atoms with Gasteiger partial charge in [0.25, 0.3) is 0 Å². The van der Waals surface area contributed by atoms with Crippen LogP contribution in [0.5, 0.6) is 0 Å². The molecule has 2 aliphatic rings. The van der Waals surface area contributed by atoms with E-state index in [1.54, 1.807) is 4.57 Å². The Balaban J connectivity index is 2.00. The van der Waals surface area contributed by atoms with E-state index in [1.165, 1.54) is 6.20 Å². The number of carboxylic acids is 1. The number of nitrogen functional groups attached to an aromatic ring is 1.